The molecule has 0 aromatic carbocycles. The zero-order valence-electron chi connectivity index (χ0n) is 8.69. The predicted molar refractivity (Wildman–Crippen MR) is 58.6 cm³/mol. The van der Waals surface area contributed by atoms with Gasteiger partial charge in [-0.1, -0.05) is 5.16 Å². The van der Waals surface area contributed by atoms with Crippen LogP contribution in [-0.2, 0) is 0 Å². The molecule has 82 valence electrons. The molecular weight excluding hydrogens is 218 g/mol. The molecule has 0 aliphatic heterocycles. The van der Waals surface area contributed by atoms with Gasteiger partial charge in [0.05, 0.1) is 6.20 Å². The van der Waals surface area contributed by atoms with Crippen LogP contribution < -0.4 is 0 Å². The van der Waals surface area contributed by atoms with Gasteiger partial charge in [-0.3, -0.25) is 9.97 Å². The van der Waals surface area contributed by atoms with Crippen molar-refractivity contribution in [1.82, 2.24) is 25.1 Å². The first-order chi connectivity index (χ1) is 8.43. The molecule has 3 rings (SSSR count). The lowest BCUT2D eigenvalue weighted by Crippen LogP contribution is -1.84. The molecule has 0 unspecified atom stereocenters. The molecule has 0 aliphatic rings. The molecule has 0 radical (unpaired) electrons. The fourth-order valence-corrected chi connectivity index (χ4v) is 1.36. The van der Waals surface area contributed by atoms with Crippen molar-refractivity contribution in [2.75, 3.05) is 0 Å². The highest BCUT2D eigenvalue weighted by molar-refractivity contribution is 5.56. The van der Waals surface area contributed by atoms with Crippen LogP contribution in [-0.4, -0.2) is 25.1 Å². The van der Waals surface area contributed by atoms with Gasteiger partial charge in [-0.25, -0.2) is 4.98 Å². The second-order valence-electron chi connectivity index (χ2n) is 3.25. The van der Waals surface area contributed by atoms with Gasteiger partial charge in [0.15, 0.2) is 0 Å². The Morgan fingerprint density at radius 2 is 1.82 bits per heavy atom. The second-order valence-corrected chi connectivity index (χ2v) is 3.25. The summed E-state index contributed by atoms with van der Waals surface area (Å²) in [5, 5.41) is 3.88. The van der Waals surface area contributed by atoms with E-state index in [9.17, 15) is 0 Å². The smallest absolute Gasteiger partial charge is 0.278 e. The molecule has 3 aromatic rings. The van der Waals surface area contributed by atoms with Gasteiger partial charge in [-0.05, 0) is 12.1 Å². The van der Waals surface area contributed by atoms with Crippen LogP contribution in [0.2, 0.25) is 0 Å². The summed E-state index contributed by atoms with van der Waals surface area (Å²) in [5.74, 6) is 0.859. The minimum atomic E-state index is 0.352. The van der Waals surface area contributed by atoms with Crippen LogP contribution in [0.15, 0.2) is 47.6 Å². The van der Waals surface area contributed by atoms with Gasteiger partial charge in [-0.15, -0.1) is 0 Å². The van der Waals surface area contributed by atoms with Gasteiger partial charge in [-0.2, -0.15) is 4.98 Å². The summed E-state index contributed by atoms with van der Waals surface area (Å²) in [5.41, 5.74) is 1.40. The van der Waals surface area contributed by atoms with Crippen LogP contribution in [0.1, 0.15) is 0 Å². The highest BCUT2D eigenvalue weighted by Crippen LogP contribution is 2.18. The third kappa shape index (κ3) is 1.87. The van der Waals surface area contributed by atoms with E-state index in [1.807, 2.05) is 12.1 Å². The summed E-state index contributed by atoms with van der Waals surface area (Å²) in [4.78, 5) is 16.2. The van der Waals surface area contributed by atoms with E-state index in [1.165, 1.54) is 0 Å². The summed E-state index contributed by atoms with van der Waals surface area (Å²) in [6.07, 6.45) is 8.08. The average molecular weight is 225 g/mol. The topological polar surface area (TPSA) is 77.6 Å². The second kappa shape index (κ2) is 4.09. The van der Waals surface area contributed by atoms with E-state index in [1.54, 1.807) is 31.0 Å². The Morgan fingerprint density at radius 3 is 2.59 bits per heavy atom. The lowest BCUT2D eigenvalue weighted by molar-refractivity contribution is 0.431. The van der Waals surface area contributed by atoms with E-state index in [0.717, 1.165) is 5.56 Å². The number of pyridine rings is 1. The van der Waals surface area contributed by atoms with Gasteiger partial charge >= 0.3 is 0 Å². The molecule has 0 spiro atoms. The van der Waals surface area contributed by atoms with Gasteiger partial charge < -0.3 is 4.52 Å². The predicted octanol–water partition coefficient (Wildman–Crippen LogP) is 1.59. The lowest BCUT2D eigenvalue weighted by atomic mass is 10.2. The minimum Gasteiger partial charge on any atom is -0.332 e. The summed E-state index contributed by atoms with van der Waals surface area (Å²) in [6, 6.07) is 3.62. The van der Waals surface area contributed by atoms with E-state index in [2.05, 4.69) is 25.1 Å². The van der Waals surface area contributed by atoms with Gasteiger partial charge in [0, 0.05) is 30.4 Å². The number of hydrogen-bond donors (Lipinski definition) is 0. The van der Waals surface area contributed by atoms with Crippen molar-refractivity contribution in [3.05, 3.63) is 43.1 Å². The Kier molecular flexibility index (Phi) is 2.31. The van der Waals surface area contributed by atoms with E-state index < -0.39 is 0 Å². The molecule has 0 amide bonds. The number of rotatable bonds is 2. The Morgan fingerprint density at radius 1 is 0.941 bits per heavy atom. The maximum atomic E-state index is 5.12. The third-order valence-corrected chi connectivity index (χ3v) is 2.15. The summed E-state index contributed by atoms with van der Waals surface area (Å²) in [6.45, 7) is 0. The fourth-order valence-electron chi connectivity index (χ4n) is 1.36. The van der Waals surface area contributed by atoms with Gasteiger partial charge in [0.25, 0.3) is 5.89 Å². The van der Waals surface area contributed by atoms with Crippen LogP contribution in [0.4, 0.5) is 0 Å². The first kappa shape index (κ1) is 9.59. The normalized spacial score (nSPS) is 10.4. The first-order valence-corrected chi connectivity index (χ1v) is 4.94. The molecule has 0 saturated heterocycles. The Labute approximate surface area is 96.4 Å². The first-order valence-electron chi connectivity index (χ1n) is 4.94. The van der Waals surface area contributed by atoms with Crippen LogP contribution >= 0.6 is 0 Å². The molecule has 0 atom stereocenters. The van der Waals surface area contributed by atoms with E-state index in [4.69, 9.17) is 4.52 Å². The number of aromatic nitrogens is 5. The Hall–Kier alpha value is -2.63. The third-order valence-electron chi connectivity index (χ3n) is 2.15. The molecule has 17 heavy (non-hydrogen) atoms. The van der Waals surface area contributed by atoms with Gasteiger partial charge in [0.2, 0.25) is 5.82 Å². The minimum absolute atomic E-state index is 0.352. The summed E-state index contributed by atoms with van der Waals surface area (Å²) < 4.78 is 5.12. The van der Waals surface area contributed by atoms with Crippen molar-refractivity contribution in [1.29, 1.82) is 0 Å². The van der Waals surface area contributed by atoms with Crippen molar-refractivity contribution in [3.8, 4) is 23.0 Å². The maximum Gasteiger partial charge on any atom is 0.278 e. The zero-order chi connectivity index (χ0) is 11.5. The van der Waals surface area contributed by atoms with Crippen LogP contribution in [0, 0.1) is 0 Å². The van der Waals surface area contributed by atoms with Crippen LogP contribution in [0.25, 0.3) is 23.0 Å². The largest absolute Gasteiger partial charge is 0.332 e. The molecule has 0 bridgehead atoms. The van der Waals surface area contributed by atoms with E-state index >= 15 is 0 Å². The van der Waals surface area contributed by atoms with Crippen molar-refractivity contribution < 1.29 is 4.52 Å². The zero-order valence-corrected chi connectivity index (χ0v) is 8.69. The van der Waals surface area contributed by atoms with E-state index in [0.29, 0.717) is 17.4 Å². The molecule has 0 fully saturated rings. The molecule has 6 nitrogen and oxygen atoms in total. The van der Waals surface area contributed by atoms with Crippen molar-refractivity contribution in [2.24, 2.45) is 0 Å². The van der Waals surface area contributed by atoms with Crippen molar-refractivity contribution in [3.63, 3.8) is 0 Å². The monoisotopic (exact) mass is 225 g/mol. The molecule has 0 N–H and O–H groups in total. The maximum absolute atomic E-state index is 5.12. The molecule has 0 saturated carbocycles. The molecule has 6 heteroatoms. The lowest BCUT2D eigenvalue weighted by Gasteiger charge is -1.90. The number of hydrogen-bond acceptors (Lipinski definition) is 6. The fraction of sp³-hybridized carbons (Fsp3) is 0. The van der Waals surface area contributed by atoms with Crippen LogP contribution in [0.5, 0.6) is 0 Å². The number of nitrogens with zero attached hydrogens (tertiary/aromatic N) is 5. The quantitative estimate of drug-likeness (QED) is 0.659. The molecule has 0 aliphatic carbocycles. The Balaban J connectivity index is 1.99. The summed E-state index contributed by atoms with van der Waals surface area (Å²) >= 11 is 0. The summed E-state index contributed by atoms with van der Waals surface area (Å²) in [7, 11) is 0. The molecule has 3 aromatic heterocycles. The average Bonchev–Trinajstić information content (AvgIpc) is 2.90. The Bertz CT molecular complexity index is 554. The van der Waals surface area contributed by atoms with E-state index in [-0.39, 0.29) is 0 Å². The van der Waals surface area contributed by atoms with Crippen LogP contribution in [0.3, 0.4) is 0 Å². The van der Waals surface area contributed by atoms with Crippen molar-refractivity contribution >= 4 is 0 Å². The van der Waals surface area contributed by atoms with Gasteiger partial charge in [0.1, 0.15) is 5.69 Å². The molecule has 3 heterocycles. The highest BCUT2D eigenvalue weighted by Gasteiger charge is 2.10. The molecular formula is C11H7N5O. The standard InChI is InChI=1S/C11H7N5O/c1-3-12-4-2-8(1)10-15-11(17-16-10)9-7-13-5-6-14-9/h1-7H. The SMILES string of the molecule is c1cc(-c2noc(-c3cnccn3)n2)ccn1. The highest BCUT2D eigenvalue weighted by atomic mass is 16.5. The van der Waals surface area contributed by atoms with Crippen molar-refractivity contribution in [2.45, 2.75) is 0 Å².